The van der Waals surface area contributed by atoms with Gasteiger partial charge in [-0.1, -0.05) is 23.2 Å². The maximum absolute atomic E-state index is 12.9. The molecule has 0 bridgehead atoms. The first-order chi connectivity index (χ1) is 9.88. The van der Waals surface area contributed by atoms with E-state index in [1.54, 1.807) is 6.07 Å². The van der Waals surface area contributed by atoms with Crippen LogP contribution in [0.2, 0.25) is 10.0 Å². The van der Waals surface area contributed by atoms with Gasteiger partial charge in [-0.25, -0.2) is 9.18 Å². The highest BCUT2D eigenvalue weighted by atomic mass is 127. The van der Waals surface area contributed by atoms with Gasteiger partial charge in [0.1, 0.15) is 5.82 Å². The largest absolute Gasteiger partial charge is 0.419 e. The molecule has 1 amide bonds. The van der Waals surface area contributed by atoms with Gasteiger partial charge in [-0.05, 0) is 59.0 Å². The molecule has 0 spiro atoms. The van der Waals surface area contributed by atoms with E-state index in [0.29, 0.717) is 14.3 Å². The fraction of sp³-hybridized carbons (Fsp3) is 0.0714. The van der Waals surface area contributed by atoms with Crippen molar-refractivity contribution in [3.05, 3.63) is 55.8 Å². The second-order valence-corrected chi connectivity index (χ2v) is 6.11. The van der Waals surface area contributed by atoms with Gasteiger partial charge in [-0.3, -0.25) is 4.90 Å². The normalized spacial score (nSPS) is 10.3. The molecule has 2 aromatic rings. The van der Waals surface area contributed by atoms with Crippen molar-refractivity contribution >= 4 is 57.6 Å². The highest BCUT2D eigenvalue weighted by Gasteiger charge is 2.17. The Labute approximate surface area is 144 Å². The lowest BCUT2D eigenvalue weighted by Gasteiger charge is -2.18. The zero-order valence-electron chi connectivity index (χ0n) is 10.7. The van der Waals surface area contributed by atoms with E-state index in [1.807, 2.05) is 22.6 Å². The van der Waals surface area contributed by atoms with E-state index < -0.39 is 6.09 Å². The van der Waals surface area contributed by atoms with Gasteiger partial charge in [0.15, 0.2) is 5.75 Å². The van der Waals surface area contributed by atoms with Crippen LogP contribution < -0.4 is 9.64 Å². The minimum absolute atomic E-state index is 0.237. The van der Waals surface area contributed by atoms with Crippen LogP contribution in [0.15, 0.2) is 36.4 Å². The van der Waals surface area contributed by atoms with E-state index >= 15 is 0 Å². The number of nitrogens with zero attached hydrogens (tertiary/aromatic N) is 1. The first-order valence-corrected chi connectivity index (χ1v) is 7.57. The van der Waals surface area contributed by atoms with E-state index in [2.05, 4.69) is 0 Å². The molecule has 0 atom stereocenters. The van der Waals surface area contributed by atoms with Gasteiger partial charge in [-0.2, -0.15) is 0 Å². The molecule has 0 saturated heterocycles. The molecule has 0 N–H and O–H groups in total. The zero-order chi connectivity index (χ0) is 15.6. The Morgan fingerprint density at radius 1 is 1.24 bits per heavy atom. The molecule has 0 saturated carbocycles. The predicted octanol–water partition coefficient (Wildman–Crippen LogP) is 5.37. The van der Waals surface area contributed by atoms with E-state index in [1.165, 1.54) is 42.3 Å². The van der Waals surface area contributed by atoms with Gasteiger partial charge < -0.3 is 4.74 Å². The summed E-state index contributed by atoms with van der Waals surface area (Å²) in [7, 11) is 1.52. The van der Waals surface area contributed by atoms with Crippen molar-refractivity contribution in [3.63, 3.8) is 0 Å². The van der Waals surface area contributed by atoms with E-state index in [0.717, 1.165) is 0 Å². The minimum Gasteiger partial charge on any atom is -0.407 e. The number of hydrogen-bond donors (Lipinski definition) is 0. The summed E-state index contributed by atoms with van der Waals surface area (Å²) in [5.74, 6) is -0.142. The van der Waals surface area contributed by atoms with Crippen molar-refractivity contribution in [3.8, 4) is 5.75 Å². The summed E-state index contributed by atoms with van der Waals surface area (Å²) in [4.78, 5) is 13.4. The summed E-state index contributed by atoms with van der Waals surface area (Å²) >= 11 is 13.8. The first kappa shape index (κ1) is 16.3. The minimum atomic E-state index is -0.635. The Morgan fingerprint density at radius 3 is 2.43 bits per heavy atom. The Balaban J connectivity index is 2.20. The van der Waals surface area contributed by atoms with E-state index in [-0.39, 0.29) is 16.6 Å². The quantitative estimate of drug-likeness (QED) is 0.588. The van der Waals surface area contributed by atoms with Crippen molar-refractivity contribution in [2.75, 3.05) is 11.9 Å². The number of halogens is 4. The molecular formula is C14H9Cl2FINO2. The lowest BCUT2D eigenvalue weighted by molar-refractivity contribution is 0.208. The van der Waals surface area contributed by atoms with Gasteiger partial charge in [-0.15, -0.1) is 0 Å². The Bertz CT molecular complexity index is 656. The van der Waals surface area contributed by atoms with Crippen LogP contribution >= 0.6 is 45.8 Å². The van der Waals surface area contributed by atoms with E-state index in [9.17, 15) is 9.18 Å². The fourth-order valence-corrected chi connectivity index (χ4v) is 3.16. The fourth-order valence-electron chi connectivity index (χ4n) is 1.55. The smallest absolute Gasteiger partial charge is 0.407 e. The SMILES string of the molecule is CN(C(=O)Oc1c(Cl)cc(Cl)cc1I)c1ccc(F)cc1. The maximum atomic E-state index is 12.9. The van der Waals surface area contributed by atoms with Gasteiger partial charge >= 0.3 is 6.09 Å². The third kappa shape index (κ3) is 3.99. The topological polar surface area (TPSA) is 29.5 Å². The van der Waals surface area contributed by atoms with Crippen molar-refractivity contribution in [2.24, 2.45) is 0 Å². The molecule has 0 heterocycles. The second kappa shape index (κ2) is 6.81. The maximum Gasteiger partial charge on any atom is 0.419 e. The number of benzene rings is 2. The molecule has 0 aliphatic heterocycles. The number of ether oxygens (including phenoxy) is 1. The summed E-state index contributed by atoms with van der Waals surface area (Å²) < 4.78 is 18.8. The van der Waals surface area contributed by atoms with Crippen molar-refractivity contribution in [1.29, 1.82) is 0 Å². The number of amides is 1. The molecule has 0 fully saturated rings. The summed E-state index contributed by atoms with van der Waals surface area (Å²) in [5.41, 5.74) is 0.501. The molecule has 110 valence electrons. The van der Waals surface area contributed by atoms with Crippen LogP contribution in [0.1, 0.15) is 0 Å². The number of hydrogen-bond acceptors (Lipinski definition) is 2. The monoisotopic (exact) mass is 439 g/mol. The van der Waals surface area contributed by atoms with Crippen LogP contribution in [0.25, 0.3) is 0 Å². The standard InChI is InChI=1S/C14H9Cl2FINO2/c1-19(10-4-2-9(17)3-5-10)14(20)21-13-11(16)6-8(15)7-12(13)18/h2-7H,1H3. The molecule has 0 aromatic heterocycles. The molecule has 0 radical (unpaired) electrons. The molecule has 0 aliphatic carbocycles. The molecule has 21 heavy (non-hydrogen) atoms. The lowest BCUT2D eigenvalue weighted by atomic mass is 10.3. The van der Waals surface area contributed by atoms with Gasteiger partial charge in [0.2, 0.25) is 0 Å². The Kier molecular flexibility index (Phi) is 5.29. The second-order valence-electron chi connectivity index (χ2n) is 4.10. The van der Waals surface area contributed by atoms with Crippen LogP contribution in [0.4, 0.5) is 14.9 Å². The van der Waals surface area contributed by atoms with Crippen molar-refractivity contribution in [1.82, 2.24) is 0 Å². The van der Waals surface area contributed by atoms with Crippen LogP contribution in [-0.2, 0) is 0 Å². The van der Waals surface area contributed by atoms with Crippen LogP contribution in [0.3, 0.4) is 0 Å². The predicted molar refractivity (Wildman–Crippen MR) is 90.0 cm³/mol. The lowest BCUT2D eigenvalue weighted by Crippen LogP contribution is -2.29. The molecule has 0 unspecified atom stereocenters. The van der Waals surface area contributed by atoms with E-state index in [4.69, 9.17) is 27.9 Å². The van der Waals surface area contributed by atoms with Crippen LogP contribution in [-0.4, -0.2) is 13.1 Å². The van der Waals surface area contributed by atoms with Crippen molar-refractivity contribution in [2.45, 2.75) is 0 Å². The molecule has 3 nitrogen and oxygen atoms in total. The van der Waals surface area contributed by atoms with Gasteiger partial charge in [0.05, 0.1) is 8.59 Å². The highest BCUT2D eigenvalue weighted by molar-refractivity contribution is 14.1. The number of anilines is 1. The average Bonchev–Trinajstić information content (AvgIpc) is 2.42. The molecule has 7 heteroatoms. The molecule has 2 rings (SSSR count). The summed E-state index contributed by atoms with van der Waals surface area (Å²) in [6.07, 6.45) is -0.635. The van der Waals surface area contributed by atoms with Crippen molar-refractivity contribution < 1.29 is 13.9 Å². The third-order valence-electron chi connectivity index (χ3n) is 2.64. The summed E-state index contributed by atoms with van der Waals surface area (Å²) in [6.45, 7) is 0. The summed E-state index contributed by atoms with van der Waals surface area (Å²) in [6, 6.07) is 8.60. The van der Waals surface area contributed by atoms with Crippen LogP contribution in [0.5, 0.6) is 5.75 Å². The van der Waals surface area contributed by atoms with Gasteiger partial charge in [0.25, 0.3) is 0 Å². The molecule has 0 aliphatic rings. The Hall–Kier alpha value is -1.05. The zero-order valence-corrected chi connectivity index (χ0v) is 14.4. The number of carbonyl (C=O) groups excluding carboxylic acids is 1. The third-order valence-corrected chi connectivity index (χ3v) is 3.94. The number of carbonyl (C=O) groups is 1. The average molecular weight is 440 g/mol. The Morgan fingerprint density at radius 2 is 1.86 bits per heavy atom. The molecule has 2 aromatic carbocycles. The molecular weight excluding hydrogens is 431 g/mol. The number of rotatable bonds is 2. The first-order valence-electron chi connectivity index (χ1n) is 5.74. The van der Waals surface area contributed by atoms with Crippen LogP contribution in [0, 0.1) is 9.39 Å². The summed E-state index contributed by atoms with van der Waals surface area (Å²) in [5, 5.41) is 0.698. The van der Waals surface area contributed by atoms with Gasteiger partial charge in [0, 0.05) is 17.8 Å². The highest BCUT2D eigenvalue weighted by Crippen LogP contribution is 2.33.